The predicted molar refractivity (Wildman–Crippen MR) is 41.5 cm³/mol. The molecular formula is C8H8N2O. The third kappa shape index (κ3) is 1.31. The summed E-state index contributed by atoms with van der Waals surface area (Å²) in [4.78, 5) is 0. The minimum atomic E-state index is -0.185. The summed E-state index contributed by atoms with van der Waals surface area (Å²) in [7, 11) is 0. The van der Waals surface area contributed by atoms with Gasteiger partial charge < -0.3 is 10.8 Å². The second-order valence-electron chi connectivity index (χ2n) is 2.14. The molecule has 0 amide bonds. The summed E-state index contributed by atoms with van der Waals surface area (Å²) in [5, 5.41) is 17.4. The number of hydrogen-bond donors (Lipinski definition) is 2. The van der Waals surface area contributed by atoms with Crippen LogP contribution in [-0.4, -0.2) is 5.11 Å². The lowest BCUT2D eigenvalue weighted by Gasteiger charge is -2.02. The Labute approximate surface area is 64.7 Å². The van der Waals surface area contributed by atoms with Crippen molar-refractivity contribution in [2.75, 3.05) is 5.73 Å². The van der Waals surface area contributed by atoms with Gasteiger partial charge in [0.1, 0.15) is 0 Å². The molecule has 1 rings (SSSR count). The van der Waals surface area contributed by atoms with Crippen molar-refractivity contribution >= 4 is 5.69 Å². The van der Waals surface area contributed by atoms with E-state index in [1.165, 1.54) is 0 Å². The van der Waals surface area contributed by atoms with E-state index in [2.05, 4.69) is 0 Å². The lowest BCUT2D eigenvalue weighted by atomic mass is 10.1. The van der Waals surface area contributed by atoms with E-state index >= 15 is 0 Å². The Morgan fingerprint density at radius 3 is 2.73 bits per heavy atom. The number of rotatable bonds is 1. The first kappa shape index (κ1) is 7.58. The fourth-order valence-electron chi connectivity index (χ4n) is 0.886. The Kier molecular flexibility index (Phi) is 2.09. The van der Waals surface area contributed by atoms with Crippen LogP contribution in [0.15, 0.2) is 18.2 Å². The van der Waals surface area contributed by atoms with Crippen LogP contribution in [0.1, 0.15) is 11.1 Å². The molecule has 0 atom stereocenters. The molecule has 0 bridgehead atoms. The Morgan fingerprint density at radius 2 is 2.27 bits per heavy atom. The van der Waals surface area contributed by atoms with Gasteiger partial charge in [-0.25, -0.2) is 0 Å². The topological polar surface area (TPSA) is 70.0 Å². The number of benzene rings is 1. The van der Waals surface area contributed by atoms with Crippen LogP contribution in [0.3, 0.4) is 0 Å². The SMILES string of the molecule is N#Cc1cccc(N)c1CO. The molecule has 0 aliphatic rings. The molecule has 0 saturated heterocycles. The highest BCUT2D eigenvalue weighted by atomic mass is 16.3. The number of nitrogens with two attached hydrogens (primary N) is 1. The van der Waals surface area contributed by atoms with Gasteiger partial charge in [-0.15, -0.1) is 0 Å². The Morgan fingerprint density at radius 1 is 1.55 bits per heavy atom. The predicted octanol–water partition coefficient (Wildman–Crippen LogP) is 0.633. The van der Waals surface area contributed by atoms with Crippen LogP contribution in [0.25, 0.3) is 0 Å². The molecule has 0 radical (unpaired) electrons. The molecule has 0 fully saturated rings. The maximum Gasteiger partial charge on any atom is 0.0996 e. The maximum atomic E-state index is 8.80. The van der Waals surface area contributed by atoms with Crippen molar-refractivity contribution < 1.29 is 5.11 Å². The monoisotopic (exact) mass is 148 g/mol. The largest absolute Gasteiger partial charge is 0.398 e. The van der Waals surface area contributed by atoms with Gasteiger partial charge in [0.15, 0.2) is 0 Å². The van der Waals surface area contributed by atoms with Gasteiger partial charge in [0.05, 0.1) is 18.2 Å². The van der Waals surface area contributed by atoms with Gasteiger partial charge in [-0.05, 0) is 12.1 Å². The van der Waals surface area contributed by atoms with Crippen molar-refractivity contribution in [2.45, 2.75) is 6.61 Å². The molecule has 0 spiro atoms. The molecule has 0 heterocycles. The van der Waals surface area contributed by atoms with Crippen LogP contribution in [0.5, 0.6) is 0 Å². The van der Waals surface area contributed by atoms with Crippen molar-refractivity contribution in [1.29, 1.82) is 5.26 Å². The minimum absolute atomic E-state index is 0.185. The molecule has 0 saturated carbocycles. The fraction of sp³-hybridized carbons (Fsp3) is 0.125. The molecule has 1 aromatic rings. The van der Waals surface area contributed by atoms with E-state index in [4.69, 9.17) is 16.1 Å². The second kappa shape index (κ2) is 3.04. The van der Waals surface area contributed by atoms with E-state index in [-0.39, 0.29) is 6.61 Å². The molecule has 0 aliphatic heterocycles. The second-order valence-corrected chi connectivity index (χ2v) is 2.14. The first-order valence-electron chi connectivity index (χ1n) is 3.18. The summed E-state index contributed by atoms with van der Waals surface area (Å²) >= 11 is 0. The Hall–Kier alpha value is -1.53. The summed E-state index contributed by atoms with van der Waals surface area (Å²) in [6, 6.07) is 6.92. The molecule has 0 aliphatic carbocycles. The summed E-state index contributed by atoms with van der Waals surface area (Å²) in [6.45, 7) is -0.185. The minimum Gasteiger partial charge on any atom is -0.398 e. The maximum absolute atomic E-state index is 8.80. The average molecular weight is 148 g/mol. The van der Waals surface area contributed by atoms with E-state index in [1.807, 2.05) is 6.07 Å². The van der Waals surface area contributed by atoms with Crippen molar-refractivity contribution in [1.82, 2.24) is 0 Å². The zero-order valence-corrected chi connectivity index (χ0v) is 5.91. The molecule has 3 nitrogen and oxygen atoms in total. The molecule has 3 N–H and O–H groups in total. The fourth-order valence-corrected chi connectivity index (χ4v) is 0.886. The number of aliphatic hydroxyl groups is 1. The third-order valence-corrected chi connectivity index (χ3v) is 1.49. The summed E-state index contributed by atoms with van der Waals surface area (Å²) in [5.74, 6) is 0. The van der Waals surface area contributed by atoms with Gasteiger partial charge in [-0.3, -0.25) is 0 Å². The van der Waals surface area contributed by atoms with Crippen LogP contribution in [0, 0.1) is 11.3 Å². The lowest BCUT2D eigenvalue weighted by Crippen LogP contribution is -1.96. The Bertz CT molecular complexity index is 301. The smallest absolute Gasteiger partial charge is 0.0996 e. The molecule has 0 unspecified atom stereocenters. The number of nitriles is 1. The summed E-state index contributed by atoms with van der Waals surface area (Å²) < 4.78 is 0. The van der Waals surface area contributed by atoms with E-state index in [0.29, 0.717) is 16.8 Å². The zero-order valence-electron chi connectivity index (χ0n) is 5.91. The molecule has 56 valence electrons. The molecule has 1 aromatic carbocycles. The number of aliphatic hydroxyl groups excluding tert-OH is 1. The van der Waals surface area contributed by atoms with Gasteiger partial charge in [-0.2, -0.15) is 5.26 Å². The quantitative estimate of drug-likeness (QED) is 0.574. The van der Waals surface area contributed by atoms with E-state index < -0.39 is 0 Å². The molecule has 11 heavy (non-hydrogen) atoms. The third-order valence-electron chi connectivity index (χ3n) is 1.49. The van der Waals surface area contributed by atoms with Gasteiger partial charge in [0.25, 0.3) is 0 Å². The van der Waals surface area contributed by atoms with E-state index in [9.17, 15) is 0 Å². The normalized spacial score (nSPS) is 9.09. The van der Waals surface area contributed by atoms with Gasteiger partial charge in [0.2, 0.25) is 0 Å². The highest BCUT2D eigenvalue weighted by Crippen LogP contribution is 2.15. The van der Waals surface area contributed by atoms with Crippen molar-refractivity contribution in [3.05, 3.63) is 29.3 Å². The molecule has 3 heteroatoms. The van der Waals surface area contributed by atoms with Crippen molar-refractivity contribution in [2.24, 2.45) is 0 Å². The van der Waals surface area contributed by atoms with Crippen LogP contribution >= 0.6 is 0 Å². The number of hydrogen-bond acceptors (Lipinski definition) is 3. The highest BCUT2D eigenvalue weighted by Gasteiger charge is 2.02. The summed E-state index contributed by atoms with van der Waals surface area (Å²) in [5.41, 5.74) is 6.91. The number of nitrogens with zero attached hydrogens (tertiary/aromatic N) is 1. The van der Waals surface area contributed by atoms with Crippen LogP contribution in [-0.2, 0) is 6.61 Å². The summed E-state index contributed by atoms with van der Waals surface area (Å²) in [6.07, 6.45) is 0. The molecule has 0 aromatic heterocycles. The van der Waals surface area contributed by atoms with Crippen molar-refractivity contribution in [3.8, 4) is 6.07 Å². The molecular weight excluding hydrogens is 140 g/mol. The average Bonchev–Trinajstić information content (AvgIpc) is 2.04. The Balaban J connectivity index is 3.27. The van der Waals surface area contributed by atoms with E-state index in [0.717, 1.165) is 0 Å². The zero-order chi connectivity index (χ0) is 8.27. The van der Waals surface area contributed by atoms with Crippen LogP contribution in [0.2, 0.25) is 0 Å². The first-order chi connectivity index (χ1) is 5.29. The highest BCUT2D eigenvalue weighted by molar-refractivity contribution is 5.54. The van der Waals surface area contributed by atoms with Crippen LogP contribution < -0.4 is 5.73 Å². The van der Waals surface area contributed by atoms with Gasteiger partial charge in [0, 0.05) is 11.3 Å². The van der Waals surface area contributed by atoms with Gasteiger partial charge >= 0.3 is 0 Å². The number of nitrogen functional groups attached to an aromatic ring is 1. The number of anilines is 1. The lowest BCUT2D eigenvalue weighted by molar-refractivity contribution is 0.282. The van der Waals surface area contributed by atoms with Crippen LogP contribution in [0.4, 0.5) is 5.69 Å². The van der Waals surface area contributed by atoms with E-state index in [1.54, 1.807) is 18.2 Å². The van der Waals surface area contributed by atoms with Crippen molar-refractivity contribution in [3.63, 3.8) is 0 Å². The standard InChI is InChI=1S/C8H8N2O/c9-4-6-2-1-3-8(10)7(6)5-11/h1-3,11H,5,10H2. The van der Waals surface area contributed by atoms with Gasteiger partial charge in [-0.1, -0.05) is 6.07 Å². The first-order valence-corrected chi connectivity index (χ1v) is 3.18.